The average molecular weight is 298 g/mol. The summed E-state index contributed by atoms with van der Waals surface area (Å²) in [6.07, 6.45) is 0. The van der Waals surface area contributed by atoms with Crippen molar-refractivity contribution in [3.63, 3.8) is 0 Å². The Morgan fingerprint density at radius 1 is 1.10 bits per heavy atom. The molecule has 1 aromatic carbocycles. The van der Waals surface area contributed by atoms with E-state index in [0.717, 1.165) is 0 Å². The number of phosphoric acid groups is 1. The van der Waals surface area contributed by atoms with Gasteiger partial charge in [0.1, 0.15) is 5.75 Å². The Kier molecular flexibility index (Phi) is 4.03. The van der Waals surface area contributed by atoms with E-state index >= 15 is 0 Å². The zero-order valence-electron chi connectivity index (χ0n) is 12.8. The minimum absolute atomic E-state index is 0.0741. The first kappa shape index (κ1) is 15.6. The molecule has 0 bridgehead atoms. The minimum atomic E-state index is -3.47. The van der Waals surface area contributed by atoms with Gasteiger partial charge < -0.3 is 4.52 Å². The highest BCUT2D eigenvalue weighted by Gasteiger charge is 2.39. The van der Waals surface area contributed by atoms with Crippen molar-refractivity contribution < 1.29 is 18.1 Å². The van der Waals surface area contributed by atoms with Crippen LogP contribution in [0.1, 0.15) is 40.2 Å². The Hall–Kier alpha value is -0.830. The van der Waals surface area contributed by atoms with Crippen molar-refractivity contribution in [3.8, 4) is 5.75 Å². The lowest BCUT2D eigenvalue weighted by molar-refractivity contribution is 0.0182. The fourth-order valence-electron chi connectivity index (χ4n) is 1.78. The lowest BCUT2D eigenvalue weighted by atomic mass is 9.87. The maximum Gasteiger partial charge on any atom is 0.530 e. The SMILES string of the molecule is CC1(C)COP(=O)(Oc2ccc(C(C)(C)C)cc2)OC1. The Morgan fingerprint density at radius 3 is 2.05 bits per heavy atom. The highest BCUT2D eigenvalue weighted by Crippen LogP contribution is 2.54. The summed E-state index contributed by atoms with van der Waals surface area (Å²) >= 11 is 0. The molecule has 1 aliphatic heterocycles. The summed E-state index contributed by atoms with van der Waals surface area (Å²) in [5.41, 5.74) is 1.13. The molecule has 112 valence electrons. The van der Waals surface area contributed by atoms with Crippen molar-refractivity contribution in [2.24, 2.45) is 5.41 Å². The first-order chi connectivity index (χ1) is 9.10. The molecule has 0 aromatic heterocycles. The Balaban J connectivity index is 2.06. The molecule has 0 radical (unpaired) electrons. The first-order valence-corrected chi connectivity index (χ1v) is 8.25. The van der Waals surface area contributed by atoms with Crippen LogP contribution in [0.4, 0.5) is 0 Å². The summed E-state index contributed by atoms with van der Waals surface area (Å²) in [4.78, 5) is 0. The molecule has 0 unspecified atom stereocenters. The van der Waals surface area contributed by atoms with Crippen LogP contribution in [-0.4, -0.2) is 13.2 Å². The maximum absolute atomic E-state index is 12.3. The van der Waals surface area contributed by atoms with Gasteiger partial charge in [0, 0.05) is 5.41 Å². The molecule has 1 heterocycles. The van der Waals surface area contributed by atoms with Gasteiger partial charge in [-0.2, -0.15) is 0 Å². The fourth-order valence-corrected chi connectivity index (χ4v) is 3.36. The van der Waals surface area contributed by atoms with Crippen LogP contribution in [0.25, 0.3) is 0 Å². The van der Waals surface area contributed by atoms with Gasteiger partial charge in [-0.15, -0.1) is 0 Å². The molecule has 0 amide bonds. The Morgan fingerprint density at radius 2 is 1.60 bits per heavy atom. The van der Waals surface area contributed by atoms with Crippen molar-refractivity contribution in [2.75, 3.05) is 13.2 Å². The molecule has 5 heteroatoms. The third-order valence-electron chi connectivity index (χ3n) is 3.16. The molecular formula is C15H23O4P. The van der Waals surface area contributed by atoms with E-state index in [0.29, 0.717) is 19.0 Å². The lowest BCUT2D eigenvalue weighted by Crippen LogP contribution is -2.30. The van der Waals surface area contributed by atoms with Crippen molar-refractivity contribution in [2.45, 2.75) is 40.0 Å². The van der Waals surface area contributed by atoms with Crippen molar-refractivity contribution in [1.82, 2.24) is 0 Å². The Labute approximate surface area is 121 Å². The predicted molar refractivity (Wildman–Crippen MR) is 79.1 cm³/mol. The second kappa shape index (κ2) is 5.18. The van der Waals surface area contributed by atoms with E-state index in [9.17, 15) is 4.57 Å². The molecule has 0 N–H and O–H groups in total. The largest absolute Gasteiger partial charge is 0.530 e. The summed E-state index contributed by atoms with van der Waals surface area (Å²) in [6, 6.07) is 7.53. The molecule has 0 aliphatic carbocycles. The van der Waals surface area contributed by atoms with Crippen molar-refractivity contribution >= 4 is 7.82 Å². The van der Waals surface area contributed by atoms with Crippen LogP contribution in [0.15, 0.2) is 24.3 Å². The number of rotatable bonds is 2. The van der Waals surface area contributed by atoms with Gasteiger partial charge in [-0.05, 0) is 23.1 Å². The number of phosphoric ester groups is 1. The van der Waals surface area contributed by atoms with Crippen LogP contribution in [-0.2, 0) is 19.0 Å². The van der Waals surface area contributed by atoms with Gasteiger partial charge >= 0.3 is 7.82 Å². The van der Waals surface area contributed by atoms with Crippen LogP contribution in [0.3, 0.4) is 0 Å². The minimum Gasteiger partial charge on any atom is -0.404 e. The maximum atomic E-state index is 12.3. The van der Waals surface area contributed by atoms with Crippen LogP contribution in [0.5, 0.6) is 5.75 Å². The zero-order valence-corrected chi connectivity index (χ0v) is 13.7. The van der Waals surface area contributed by atoms with Gasteiger partial charge in [0.25, 0.3) is 0 Å². The standard InChI is InChI=1S/C15H23O4P/c1-14(2,3)12-6-8-13(9-7-12)19-20(16)17-10-15(4,5)11-18-20/h6-9H,10-11H2,1-5H3. The van der Waals surface area contributed by atoms with Crippen molar-refractivity contribution in [1.29, 1.82) is 0 Å². The third kappa shape index (κ3) is 3.85. The van der Waals surface area contributed by atoms with E-state index < -0.39 is 7.82 Å². The smallest absolute Gasteiger partial charge is 0.404 e. The normalized spacial score (nSPS) is 21.4. The molecule has 2 rings (SSSR count). The van der Waals surface area contributed by atoms with Crippen LogP contribution in [0, 0.1) is 5.41 Å². The van der Waals surface area contributed by atoms with Gasteiger partial charge in [0.15, 0.2) is 0 Å². The van der Waals surface area contributed by atoms with E-state index in [1.807, 2.05) is 26.0 Å². The molecule has 0 saturated carbocycles. The van der Waals surface area contributed by atoms with Gasteiger partial charge in [-0.3, -0.25) is 9.05 Å². The molecular weight excluding hydrogens is 275 g/mol. The summed E-state index contributed by atoms with van der Waals surface area (Å²) in [5, 5.41) is 0. The number of hydrogen-bond acceptors (Lipinski definition) is 4. The number of benzene rings is 1. The van der Waals surface area contributed by atoms with Gasteiger partial charge in [-0.1, -0.05) is 46.8 Å². The first-order valence-electron chi connectivity index (χ1n) is 6.79. The van der Waals surface area contributed by atoms with Gasteiger partial charge in [0.05, 0.1) is 13.2 Å². The molecule has 20 heavy (non-hydrogen) atoms. The monoisotopic (exact) mass is 298 g/mol. The third-order valence-corrected chi connectivity index (χ3v) is 4.49. The molecule has 1 aromatic rings. The van der Waals surface area contributed by atoms with E-state index in [1.54, 1.807) is 12.1 Å². The summed E-state index contributed by atoms with van der Waals surface area (Å²) in [7, 11) is -3.47. The average Bonchev–Trinajstić information content (AvgIpc) is 2.33. The van der Waals surface area contributed by atoms with E-state index in [2.05, 4.69) is 20.8 Å². The summed E-state index contributed by atoms with van der Waals surface area (Å²) in [5.74, 6) is 0.501. The molecule has 1 fully saturated rings. The molecule has 1 saturated heterocycles. The molecule has 4 nitrogen and oxygen atoms in total. The molecule has 1 aliphatic rings. The van der Waals surface area contributed by atoms with E-state index in [1.165, 1.54) is 5.56 Å². The highest BCUT2D eigenvalue weighted by molar-refractivity contribution is 7.49. The van der Waals surface area contributed by atoms with E-state index in [4.69, 9.17) is 13.6 Å². The Bertz CT molecular complexity index is 500. The molecule has 0 spiro atoms. The second-order valence-corrected chi connectivity index (χ2v) is 8.62. The highest BCUT2D eigenvalue weighted by atomic mass is 31.2. The molecule has 0 atom stereocenters. The van der Waals surface area contributed by atoms with Crippen molar-refractivity contribution in [3.05, 3.63) is 29.8 Å². The summed E-state index contributed by atoms with van der Waals surface area (Å²) in [6.45, 7) is 11.1. The summed E-state index contributed by atoms with van der Waals surface area (Å²) < 4.78 is 28.3. The van der Waals surface area contributed by atoms with Crippen LogP contribution < -0.4 is 4.52 Å². The number of hydrogen-bond donors (Lipinski definition) is 0. The van der Waals surface area contributed by atoms with Crippen LogP contribution >= 0.6 is 7.82 Å². The van der Waals surface area contributed by atoms with Gasteiger partial charge in [-0.25, -0.2) is 4.57 Å². The lowest BCUT2D eigenvalue weighted by Gasteiger charge is -2.32. The van der Waals surface area contributed by atoms with Crippen LogP contribution in [0.2, 0.25) is 0 Å². The van der Waals surface area contributed by atoms with E-state index in [-0.39, 0.29) is 10.8 Å². The van der Waals surface area contributed by atoms with Gasteiger partial charge in [0.2, 0.25) is 0 Å². The second-order valence-electron chi connectivity index (χ2n) is 7.02. The zero-order chi connectivity index (χ0) is 15.0. The predicted octanol–water partition coefficient (Wildman–Crippen LogP) is 4.54. The fraction of sp³-hybridized carbons (Fsp3) is 0.600. The quantitative estimate of drug-likeness (QED) is 0.752. The topological polar surface area (TPSA) is 44.8 Å².